The van der Waals surface area contributed by atoms with Crippen molar-refractivity contribution in [2.45, 2.75) is 26.4 Å². The highest BCUT2D eigenvalue weighted by atomic mass is 16.6. The van der Waals surface area contributed by atoms with Crippen molar-refractivity contribution in [1.82, 2.24) is 9.47 Å². The Bertz CT molecular complexity index is 1520. The summed E-state index contributed by atoms with van der Waals surface area (Å²) in [7, 11) is 0. The third-order valence-electron chi connectivity index (χ3n) is 6.71. The molecule has 2 heterocycles. The van der Waals surface area contributed by atoms with Gasteiger partial charge in [-0.2, -0.15) is 5.26 Å². The molecule has 4 aromatic rings. The van der Waals surface area contributed by atoms with Crippen LogP contribution in [-0.4, -0.2) is 53.6 Å². The standard InChI is InChI=1S/C31H30N4O3/c1-31(2,3)38-30(37)34-18-16-33(17-19-34)29-27(21-36)26-6-4-5-7-28(26)35(29)25-14-12-24(13-15-25)23-10-8-22(20-32)9-11-23/h4-15,21H,16-19H2,1-3H3. The molecule has 0 saturated carbocycles. The summed E-state index contributed by atoms with van der Waals surface area (Å²) in [5, 5.41) is 9.98. The highest BCUT2D eigenvalue weighted by molar-refractivity contribution is 6.05. The molecule has 0 spiro atoms. The fourth-order valence-corrected chi connectivity index (χ4v) is 4.91. The van der Waals surface area contributed by atoms with Crippen LogP contribution in [0.5, 0.6) is 0 Å². The maximum Gasteiger partial charge on any atom is 0.410 e. The number of aromatic nitrogens is 1. The number of nitrogens with zero attached hydrogens (tertiary/aromatic N) is 4. The summed E-state index contributed by atoms with van der Waals surface area (Å²) in [6, 6.07) is 25.8. The maximum absolute atomic E-state index is 12.6. The van der Waals surface area contributed by atoms with Crippen LogP contribution in [0, 0.1) is 11.3 Å². The summed E-state index contributed by atoms with van der Waals surface area (Å²) in [6.45, 7) is 7.77. The number of benzene rings is 3. The zero-order valence-electron chi connectivity index (χ0n) is 21.8. The van der Waals surface area contributed by atoms with Crippen molar-refractivity contribution in [3.05, 3.63) is 83.9 Å². The Balaban J connectivity index is 1.50. The quantitative estimate of drug-likeness (QED) is 0.315. The van der Waals surface area contributed by atoms with Crippen molar-refractivity contribution in [3.8, 4) is 22.9 Å². The van der Waals surface area contributed by atoms with Gasteiger partial charge in [0.1, 0.15) is 11.4 Å². The van der Waals surface area contributed by atoms with Crippen LogP contribution in [0.1, 0.15) is 36.7 Å². The lowest BCUT2D eigenvalue weighted by atomic mass is 10.0. The molecule has 0 aliphatic carbocycles. The topological polar surface area (TPSA) is 78.6 Å². The fourth-order valence-electron chi connectivity index (χ4n) is 4.91. The van der Waals surface area contributed by atoms with Gasteiger partial charge in [0.05, 0.1) is 22.7 Å². The van der Waals surface area contributed by atoms with Crippen LogP contribution >= 0.6 is 0 Å². The van der Waals surface area contributed by atoms with Crippen molar-refractivity contribution in [3.63, 3.8) is 0 Å². The zero-order chi connectivity index (χ0) is 26.9. The minimum Gasteiger partial charge on any atom is -0.444 e. The first kappa shape index (κ1) is 25.1. The van der Waals surface area contributed by atoms with Gasteiger partial charge in [0.15, 0.2) is 6.29 Å². The molecule has 1 saturated heterocycles. The number of fused-ring (bicyclic) bond motifs is 1. The number of aldehydes is 1. The smallest absolute Gasteiger partial charge is 0.410 e. The molecule has 192 valence electrons. The zero-order valence-corrected chi connectivity index (χ0v) is 21.8. The van der Waals surface area contributed by atoms with E-state index in [0.717, 1.165) is 39.8 Å². The van der Waals surface area contributed by atoms with Crippen molar-refractivity contribution in [1.29, 1.82) is 5.26 Å². The number of nitriles is 1. The molecule has 0 N–H and O–H groups in total. The van der Waals surface area contributed by atoms with Crippen LogP contribution in [0.3, 0.4) is 0 Å². The molecule has 3 aromatic carbocycles. The van der Waals surface area contributed by atoms with Crippen molar-refractivity contribution < 1.29 is 14.3 Å². The average Bonchev–Trinajstić information content (AvgIpc) is 3.26. The molecule has 7 nitrogen and oxygen atoms in total. The number of amides is 1. The molecule has 0 bridgehead atoms. The first-order valence-corrected chi connectivity index (χ1v) is 12.7. The predicted molar refractivity (Wildman–Crippen MR) is 149 cm³/mol. The molecule has 7 heteroatoms. The maximum atomic E-state index is 12.6. The first-order chi connectivity index (χ1) is 18.3. The number of anilines is 1. The second-order valence-corrected chi connectivity index (χ2v) is 10.4. The average molecular weight is 507 g/mol. The van der Waals surface area contributed by atoms with E-state index in [4.69, 9.17) is 10.00 Å². The van der Waals surface area contributed by atoms with E-state index >= 15 is 0 Å². The third-order valence-corrected chi connectivity index (χ3v) is 6.71. The summed E-state index contributed by atoms with van der Waals surface area (Å²) in [6.07, 6.45) is 0.617. The van der Waals surface area contributed by atoms with Crippen LogP contribution in [-0.2, 0) is 4.74 Å². The SMILES string of the molecule is CC(C)(C)OC(=O)N1CCN(c2c(C=O)c3ccccc3n2-c2ccc(-c3ccc(C#N)cc3)cc2)CC1. The molecule has 1 fully saturated rings. The largest absolute Gasteiger partial charge is 0.444 e. The third kappa shape index (κ3) is 4.85. The number of hydrogen-bond donors (Lipinski definition) is 0. The van der Waals surface area contributed by atoms with Crippen LogP contribution in [0.25, 0.3) is 27.7 Å². The number of piperazine rings is 1. The van der Waals surface area contributed by atoms with Crippen LogP contribution in [0.15, 0.2) is 72.8 Å². The molecular formula is C31H30N4O3. The van der Waals surface area contributed by atoms with Gasteiger partial charge in [-0.1, -0.05) is 42.5 Å². The number of ether oxygens (including phenoxy) is 1. The van der Waals surface area contributed by atoms with Crippen molar-refractivity contribution in [2.75, 3.05) is 31.1 Å². The van der Waals surface area contributed by atoms with E-state index in [1.165, 1.54) is 0 Å². The second-order valence-electron chi connectivity index (χ2n) is 10.4. The van der Waals surface area contributed by atoms with Gasteiger partial charge in [0.25, 0.3) is 0 Å². The number of para-hydroxylation sites is 1. The number of carbonyl (C=O) groups is 2. The van der Waals surface area contributed by atoms with E-state index in [1.807, 2.05) is 69.3 Å². The summed E-state index contributed by atoms with van der Waals surface area (Å²) in [5.41, 5.74) is 4.68. The lowest BCUT2D eigenvalue weighted by molar-refractivity contribution is 0.0240. The molecular weight excluding hydrogens is 476 g/mol. The summed E-state index contributed by atoms with van der Waals surface area (Å²) < 4.78 is 7.69. The Morgan fingerprint density at radius 2 is 1.50 bits per heavy atom. The van der Waals surface area contributed by atoms with E-state index in [0.29, 0.717) is 37.3 Å². The molecule has 1 aromatic heterocycles. The highest BCUT2D eigenvalue weighted by Crippen LogP contribution is 2.36. The van der Waals surface area contributed by atoms with Crippen LogP contribution in [0.4, 0.5) is 10.6 Å². The van der Waals surface area contributed by atoms with Crippen molar-refractivity contribution >= 4 is 29.1 Å². The van der Waals surface area contributed by atoms with E-state index in [9.17, 15) is 9.59 Å². The summed E-state index contributed by atoms with van der Waals surface area (Å²) in [4.78, 5) is 28.9. The van der Waals surface area contributed by atoms with Crippen LogP contribution < -0.4 is 4.90 Å². The van der Waals surface area contributed by atoms with Gasteiger partial charge >= 0.3 is 6.09 Å². The second kappa shape index (κ2) is 10.1. The van der Waals surface area contributed by atoms with Gasteiger partial charge in [-0.25, -0.2) is 4.79 Å². The lowest BCUT2D eigenvalue weighted by Crippen LogP contribution is -2.50. The van der Waals surface area contributed by atoms with Crippen molar-refractivity contribution in [2.24, 2.45) is 0 Å². The van der Waals surface area contributed by atoms with Gasteiger partial charge in [0.2, 0.25) is 0 Å². The van der Waals surface area contributed by atoms with E-state index in [1.54, 1.807) is 4.90 Å². The Labute approximate surface area is 222 Å². The summed E-state index contributed by atoms with van der Waals surface area (Å²) >= 11 is 0. The minimum absolute atomic E-state index is 0.313. The van der Waals surface area contributed by atoms with Crippen LogP contribution in [0.2, 0.25) is 0 Å². The molecule has 1 aliphatic rings. The Kier molecular flexibility index (Phi) is 6.64. The molecule has 1 aliphatic heterocycles. The normalized spacial score (nSPS) is 13.8. The van der Waals surface area contributed by atoms with E-state index in [2.05, 4.69) is 39.8 Å². The van der Waals surface area contributed by atoms with Gasteiger partial charge < -0.3 is 14.5 Å². The molecule has 0 radical (unpaired) electrons. The highest BCUT2D eigenvalue weighted by Gasteiger charge is 2.29. The minimum atomic E-state index is -0.546. The Morgan fingerprint density at radius 3 is 2.08 bits per heavy atom. The Morgan fingerprint density at radius 1 is 0.895 bits per heavy atom. The van der Waals surface area contributed by atoms with Gasteiger partial charge in [-0.05, 0) is 62.2 Å². The van der Waals surface area contributed by atoms with Gasteiger partial charge in [0, 0.05) is 37.3 Å². The van der Waals surface area contributed by atoms with Gasteiger partial charge in [-0.15, -0.1) is 0 Å². The molecule has 38 heavy (non-hydrogen) atoms. The lowest BCUT2D eigenvalue weighted by Gasteiger charge is -2.37. The fraction of sp³-hybridized carbons (Fsp3) is 0.258. The number of hydrogen-bond acceptors (Lipinski definition) is 5. The molecule has 0 atom stereocenters. The van der Waals surface area contributed by atoms with Gasteiger partial charge in [-0.3, -0.25) is 9.36 Å². The first-order valence-electron chi connectivity index (χ1n) is 12.7. The molecule has 0 unspecified atom stereocenters. The number of carbonyl (C=O) groups excluding carboxylic acids is 2. The molecule has 1 amide bonds. The predicted octanol–water partition coefficient (Wildman–Crippen LogP) is 6.04. The summed E-state index contributed by atoms with van der Waals surface area (Å²) in [5.74, 6) is 0.830. The monoisotopic (exact) mass is 506 g/mol. The molecule has 5 rings (SSSR count). The van der Waals surface area contributed by atoms with E-state index in [-0.39, 0.29) is 6.09 Å². The van der Waals surface area contributed by atoms with E-state index < -0.39 is 5.60 Å². The number of rotatable bonds is 4. The Hall–Kier alpha value is -4.57.